The van der Waals surface area contributed by atoms with Crippen LogP contribution in [0.3, 0.4) is 0 Å². The number of esters is 1. The van der Waals surface area contributed by atoms with Crippen LogP contribution in [0.25, 0.3) is 0 Å². The van der Waals surface area contributed by atoms with E-state index >= 15 is 0 Å². The summed E-state index contributed by atoms with van der Waals surface area (Å²) in [6, 6.07) is 10.3. The largest absolute Gasteiger partial charge is 0.452 e. The standard InChI is InChI=1S/C19H15ClN2O5/c1-2-21-16(23)10-27-19(26)11-3-8-14-15(9-11)18(25)22(17(14)24)13-6-4-12(20)5-7-13/h3-9H,2,10H2,1H3,(H,21,23). The second kappa shape index (κ2) is 7.59. The third-order valence-electron chi connectivity index (χ3n) is 3.92. The zero-order valence-corrected chi connectivity index (χ0v) is 15.1. The van der Waals surface area contributed by atoms with E-state index in [-0.39, 0.29) is 16.7 Å². The molecule has 0 spiro atoms. The number of fused-ring (bicyclic) bond motifs is 1. The molecule has 3 amide bonds. The Balaban J connectivity index is 1.82. The molecule has 0 aliphatic carbocycles. The molecule has 0 saturated carbocycles. The van der Waals surface area contributed by atoms with Crippen LogP contribution in [0, 0.1) is 0 Å². The number of nitrogens with one attached hydrogen (secondary N) is 1. The average molecular weight is 387 g/mol. The van der Waals surface area contributed by atoms with E-state index in [1.165, 1.54) is 18.2 Å². The van der Waals surface area contributed by atoms with Gasteiger partial charge in [-0.3, -0.25) is 14.4 Å². The summed E-state index contributed by atoms with van der Waals surface area (Å²) in [6.07, 6.45) is 0. The minimum absolute atomic E-state index is 0.0807. The minimum Gasteiger partial charge on any atom is -0.452 e. The highest BCUT2D eigenvalue weighted by Crippen LogP contribution is 2.30. The molecule has 7 nitrogen and oxygen atoms in total. The molecule has 2 aromatic rings. The van der Waals surface area contributed by atoms with E-state index in [9.17, 15) is 19.2 Å². The number of halogens is 1. The van der Waals surface area contributed by atoms with E-state index in [1.807, 2.05) is 0 Å². The fourth-order valence-electron chi connectivity index (χ4n) is 2.66. The summed E-state index contributed by atoms with van der Waals surface area (Å²) in [6.45, 7) is 1.75. The number of likely N-dealkylation sites (N-methyl/N-ethyl adjacent to an activating group) is 1. The number of carbonyl (C=O) groups excluding carboxylic acids is 4. The number of hydrogen-bond donors (Lipinski definition) is 1. The Bertz CT molecular complexity index is 940. The quantitative estimate of drug-likeness (QED) is 0.629. The van der Waals surface area contributed by atoms with Gasteiger partial charge in [-0.2, -0.15) is 0 Å². The van der Waals surface area contributed by atoms with Crippen LogP contribution in [0.5, 0.6) is 0 Å². The molecule has 0 fully saturated rings. The molecule has 1 aliphatic rings. The zero-order valence-electron chi connectivity index (χ0n) is 14.3. The van der Waals surface area contributed by atoms with Crippen LogP contribution in [-0.2, 0) is 9.53 Å². The van der Waals surface area contributed by atoms with Crippen LogP contribution >= 0.6 is 11.6 Å². The lowest BCUT2D eigenvalue weighted by molar-refractivity contribution is -0.124. The van der Waals surface area contributed by atoms with Crippen molar-refractivity contribution in [2.24, 2.45) is 0 Å². The predicted molar refractivity (Wildman–Crippen MR) is 98.0 cm³/mol. The number of nitrogens with zero attached hydrogens (tertiary/aromatic N) is 1. The van der Waals surface area contributed by atoms with Crippen molar-refractivity contribution in [3.05, 3.63) is 64.2 Å². The van der Waals surface area contributed by atoms with Gasteiger partial charge in [-0.1, -0.05) is 11.6 Å². The Hall–Kier alpha value is -3.19. The molecule has 1 heterocycles. The number of ether oxygens (including phenoxy) is 1. The second-order valence-corrected chi connectivity index (χ2v) is 6.15. The van der Waals surface area contributed by atoms with Crippen molar-refractivity contribution >= 4 is 41.0 Å². The van der Waals surface area contributed by atoms with Gasteiger partial charge in [0.15, 0.2) is 6.61 Å². The lowest BCUT2D eigenvalue weighted by atomic mass is 10.1. The predicted octanol–water partition coefficient (Wildman–Crippen LogP) is 2.43. The first-order valence-corrected chi connectivity index (χ1v) is 8.52. The third-order valence-corrected chi connectivity index (χ3v) is 4.17. The molecule has 3 rings (SSSR count). The molecular weight excluding hydrogens is 372 g/mol. The van der Waals surface area contributed by atoms with Crippen molar-refractivity contribution in [2.75, 3.05) is 18.1 Å². The van der Waals surface area contributed by atoms with E-state index in [2.05, 4.69) is 5.32 Å². The van der Waals surface area contributed by atoms with E-state index in [4.69, 9.17) is 16.3 Å². The third kappa shape index (κ3) is 3.68. The normalized spacial score (nSPS) is 12.7. The van der Waals surface area contributed by atoms with Crippen molar-refractivity contribution in [2.45, 2.75) is 6.92 Å². The first-order valence-electron chi connectivity index (χ1n) is 8.14. The molecule has 0 saturated heterocycles. The van der Waals surface area contributed by atoms with Crippen molar-refractivity contribution in [1.29, 1.82) is 0 Å². The number of carbonyl (C=O) groups is 4. The van der Waals surface area contributed by atoms with Crippen LogP contribution in [0.15, 0.2) is 42.5 Å². The van der Waals surface area contributed by atoms with Gasteiger partial charge in [0.05, 0.1) is 22.4 Å². The lowest BCUT2D eigenvalue weighted by Crippen LogP contribution is -2.29. The summed E-state index contributed by atoms with van der Waals surface area (Å²) in [7, 11) is 0. The van der Waals surface area contributed by atoms with Gasteiger partial charge in [0.25, 0.3) is 17.7 Å². The fraction of sp³-hybridized carbons (Fsp3) is 0.158. The monoisotopic (exact) mass is 386 g/mol. The molecule has 138 valence electrons. The Labute approximate surface area is 159 Å². The van der Waals surface area contributed by atoms with Gasteiger partial charge >= 0.3 is 5.97 Å². The molecule has 2 aromatic carbocycles. The van der Waals surface area contributed by atoms with E-state index in [0.717, 1.165) is 4.90 Å². The Kier molecular flexibility index (Phi) is 5.23. The molecular formula is C19H15ClN2O5. The lowest BCUT2D eigenvalue weighted by Gasteiger charge is -2.13. The molecule has 1 N–H and O–H groups in total. The topological polar surface area (TPSA) is 92.8 Å². The molecule has 8 heteroatoms. The maximum atomic E-state index is 12.7. The van der Waals surface area contributed by atoms with Crippen LogP contribution in [0.1, 0.15) is 38.0 Å². The van der Waals surface area contributed by atoms with Gasteiger partial charge in [0.1, 0.15) is 0 Å². The van der Waals surface area contributed by atoms with Crippen molar-refractivity contribution in [3.8, 4) is 0 Å². The Morgan fingerprint density at radius 3 is 2.37 bits per heavy atom. The van der Waals surface area contributed by atoms with E-state index in [0.29, 0.717) is 17.3 Å². The zero-order chi connectivity index (χ0) is 19.6. The van der Waals surface area contributed by atoms with Crippen LogP contribution in [0.2, 0.25) is 5.02 Å². The molecule has 27 heavy (non-hydrogen) atoms. The fourth-order valence-corrected chi connectivity index (χ4v) is 2.78. The number of rotatable bonds is 5. The maximum absolute atomic E-state index is 12.7. The summed E-state index contributed by atoms with van der Waals surface area (Å²) in [5.74, 6) is -2.21. The molecule has 0 unspecified atom stereocenters. The van der Waals surface area contributed by atoms with Crippen molar-refractivity contribution < 1.29 is 23.9 Å². The van der Waals surface area contributed by atoms with Gasteiger partial charge in [-0.15, -0.1) is 0 Å². The number of anilines is 1. The van der Waals surface area contributed by atoms with E-state index in [1.54, 1.807) is 31.2 Å². The van der Waals surface area contributed by atoms with Gasteiger partial charge in [-0.05, 0) is 49.4 Å². The van der Waals surface area contributed by atoms with Crippen molar-refractivity contribution in [1.82, 2.24) is 5.32 Å². The molecule has 0 aromatic heterocycles. The smallest absolute Gasteiger partial charge is 0.338 e. The molecule has 0 atom stereocenters. The van der Waals surface area contributed by atoms with Gasteiger partial charge in [0.2, 0.25) is 0 Å². The Morgan fingerprint density at radius 1 is 1.04 bits per heavy atom. The summed E-state index contributed by atoms with van der Waals surface area (Å²) >= 11 is 5.84. The molecule has 1 aliphatic heterocycles. The first-order chi connectivity index (χ1) is 12.9. The summed E-state index contributed by atoms with van der Waals surface area (Å²) < 4.78 is 4.91. The number of benzene rings is 2. The molecule has 0 radical (unpaired) electrons. The van der Waals surface area contributed by atoms with Crippen molar-refractivity contribution in [3.63, 3.8) is 0 Å². The van der Waals surface area contributed by atoms with Gasteiger partial charge < -0.3 is 10.1 Å². The number of amides is 3. The second-order valence-electron chi connectivity index (χ2n) is 5.71. The SMILES string of the molecule is CCNC(=O)COC(=O)c1ccc2c(c1)C(=O)N(c1ccc(Cl)cc1)C2=O. The minimum atomic E-state index is -0.755. The highest BCUT2D eigenvalue weighted by Gasteiger charge is 2.37. The average Bonchev–Trinajstić information content (AvgIpc) is 2.91. The number of hydrogen-bond acceptors (Lipinski definition) is 5. The van der Waals surface area contributed by atoms with Gasteiger partial charge in [-0.25, -0.2) is 9.69 Å². The van der Waals surface area contributed by atoms with Crippen LogP contribution in [-0.4, -0.2) is 36.8 Å². The summed E-state index contributed by atoms with van der Waals surface area (Å²) in [4.78, 5) is 49.7. The highest BCUT2D eigenvalue weighted by atomic mass is 35.5. The van der Waals surface area contributed by atoms with Gasteiger partial charge in [0, 0.05) is 11.6 Å². The molecule has 0 bridgehead atoms. The van der Waals surface area contributed by atoms with E-state index < -0.39 is 30.3 Å². The number of imide groups is 1. The van der Waals surface area contributed by atoms with Crippen LogP contribution in [0.4, 0.5) is 5.69 Å². The summed E-state index contributed by atoms with van der Waals surface area (Å²) in [5, 5.41) is 2.98. The Morgan fingerprint density at radius 2 is 1.70 bits per heavy atom. The summed E-state index contributed by atoms with van der Waals surface area (Å²) in [5.41, 5.74) is 0.751. The maximum Gasteiger partial charge on any atom is 0.338 e. The van der Waals surface area contributed by atoms with Crippen LogP contribution < -0.4 is 10.2 Å². The first kappa shape index (κ1) is 18.6. The highest BCUT2D eigenvalue weighted by molar-refractivity contribution is 6.35.